The minimum absolute atomic E-state index is 0. The Morgan fingerprint density at radius 3 is 2.68 bits per heavy atom. The molecule has 2 nitrogen and oxygen atoms in total. The minimum Gasteiger partial charge on any atom is -0.359 e. The van der Waals surface area contributed by atoms with Gasteiger partial charge in [0.05, 0.1) is 11.0 Å². The van der Waals surface area contributed by atoms with Crippen molar-refractivity contribution in [2.45, 2.75) is 12.8 Å². The van der Waals surface area contributed by atoms with Gasteiger partial charge in [-0.25, -0.2) is 4.98 Å². The summed E-state index contributed by atoms with van der Waals surface area (Å²) < 4.78 is 13.5. The van der Waals surface area contributed by atoms with Crippen LogP contribution in [0.1, 0.15) is 19.8 Å². The molecule has 1 aromatic carbocycles. The van der Waals surface area contributed by atoms with Crippen LogP contribution in [-0.2, 0) is 0 Å². The molecule has 1 aliphatic carbocycles. The summed E-state index contributed by atoms with van der Waals surface area (Å²) in [5.74, 6) is -0.456. The fourth-order valence-corrected chi connectivity index (χ4v) is 2.96. The highest BCUT2D eigenvalue weighted by Gasteiger charge is 2.14. The molecule has 0 unspecified atom stereocenters. The molecule has 0 saturated heterocycles. The van der Waals surface area contributed by atoms with Crippen LogP contribution >= 0.6 is 0 Å². The van der Waals surface area contributed by atoms with E-state index in [0.29, 0.717) is 5.52 Å². The number of hydrogen-bond donors (Lipinski definition) is 1. The normalized spacial score (nSPS) is 14.3. The maximum atomic E-state index is 13.5. The largest absolute Gasteiger partial charge is 0.359 e. The summed E-state index contributed by atoms with van der Waals surface area (Å²) in [5.41, 5.74) is 5.90. The Balaban J connectivity index is 0.00000156. The van der Waals surface area contributed by atoms with E-state index in [1.54, 1.807) is 6.07 Å². The number of aromatic amines is 1. The summed E-state index contributed by atoms with van der Waals surface area (Å²) in [6.45, 7) is 0. The van der Waals surface area contributed by atoms with Crippen LogP contribution in [0, 0.1) is 5.95 Å². The second-order valence-corrected chi connectivity index (χ2v) is 5.42. The molecule has 3 heteroatoms. The molecule has 0 fully saturated rings. The highest BCUT2D eigenvalue weighted by molar-refractivity contribution is 5.97. The van der Waals surface area contributed by atoms with Gasteiger partial charge in [-0.15, -0.1) is 0 Å². The van der Waals surface area contributed by atoms with Gasteiger partial charge in [0.25, 0.3) is 0 Å². The number of nitrogens with zero attached hydrogens (tertiary/aromatic N) is 1. The average Bonchev–Trinajstić information content (AvgIpc) is 2.98. The number of pyridine rings is 1. The predicted molar refractivity (Wildman–Crippen MR) is 90.0 cm³/mol. The third kappa shape index (κ3) is 2.15. The quantitative estimate of drug-likeness (QED) is 0.634. The Labute approximate surface area is 129 Å². The van der Waals surface area contributed by atoms with E-state index in [4.69, 9.17) is 0 Å². The van der Waals surface area contributed by atoms with Gasteiger partial charge >= 0.3 is 0 Å². The van der Waals surface area contributed by atoms with E-state index < -0.39 is 5.95 Å². The molecule has 2 heterocycles. The van der Waals surface area contributed by atoms with Gasteiger partial charge in [0.15, 0.2) is 0 Å². The average molecular weight is 292 g/mol. The molecule has 2 aromatic heterocycles. The van der Waals surface area contributed by atoms with Gasteiger partial charge < -0.3 is 4.98 Å². The summed E-state index contributed by atoms with van der Waals surface area (Å²) >= 11 is 0. The minimum atomic E-state index is -0.456. The first kappa shape index (κ1) is 13.0. The van der Waals surface area contributed by atoms with E-state index >= 15 is 0 Å². The van der Waals surface area contributed by atoms with Crippen LogP contribution in [0.25, 0.3) is 27.7 Å². The van der Waals surface area contributed by atoms with Crippen LogP contribution < -0.4 is 0 Å². The highest BCUT2D eigenvalue weighted by atomic mass is 19.1. The van der Waals surface area contributed by atoms with Crippen molar-refractivity contribution < 1.29 is 5.82 Å². The smallest absolute Gasteiger partial charge is 0.213 e. The number of benzene rings is 1. The number of aromatic nitrogens is 2. The Kier molecular flexibility index (Phi) is 3.11. The number of allylic oxidation sites excluding steroid dienone is 4. The van der Waals surface area contributed by atoms with Gasteiger partial charge in [0.2, 0.25) is 5.95 Å². The highest BCUT2D eigenvalue weighted by Crippen LogP contribution is 2.34. The third-order valence-corrected chi connectivity index (χ3v) is 4.01. The van der Waals surface area contributed by atoms with Crippen LogP contribution in [0.2, 0.25) is 0 Å². The molecule has 0 aliphatic heterocycles. The molecular weight excluding hydrogens is 275 g/mol. The molecule has 22 heavy (non-hydrogen) atoms. The van der Waals surface area contributed by atoms with Crippen molar-refractivity contribution in [3.8, 4) is 11.1 Å². The lowest BCUT2D eigenvalue weighted by atomic mass is 9.92. The van der Waals surface area contributed by atoms with Crippen molar-refractivity contribution in [3.63, 3.8) is 0 Å². The molecule has 0 atom stereocenters. The second-order valence-electron chi connectivity index (χ2n) is 5.42. The van der Waals surface area contributed by atoms with E-state index in [1.165, 1.54) is 11.6 Å². The maximum Gasteiger partial charge on any atom is 0.213 e. The number of nitrogens with one attached hydrogen (secondary N) is 1. The molecule has 1 aliphatic rings. The Morgan fingerprint density at radius 2 is 1.86 bits per heavy atom. The van der Waals surface area contributed by atoms with Crippen LogP contribution in [-0.4, -0.2) is 9.97 Å². The monoisotopic (exact) mass is 292 g/mol. The van der Waals surface area contributed by atoms with Crippen molar-refractivity contribution in [2.75, 3.05) is 0 Å². The van der Waals surface area contributed by atoms with E-state index in [-0.39, 0.29) is 1.43 Å². The van der Waals surface area contributed by atoms with Gasteiger partial charge in [0.1, 0.15) is 0 Å². The lowest BCUT2D eigenvalue weighted by Gasteiger charge is -2.12. The molecule has 4 rings (SSSR count). The zero-order chi connectivity index (χ0) is 14.9. The van der Waals surface area contributed by atoms with Crippen molar-refractivity contribution in [3.05, 3.63) is 72.3 Å². The second kappa shape index (κ2) is 5.26. The first-order chi connectivity index (χ1) is 10.8. The van der Waals surface area contributed by atoms with Gasteiger partial charge in [-0.1, -0.05) is 42.5 Å². The van der Waals surface area contributed by atoms with Crippen molar-refractivity contribution in [1.29, 1.82) is 0 Å². The van der Waals surface area contributed by atoms with Crippen LogP contribution in [0.4, 0.5) is 4.39 Å². The van der Waals surface area contributed by atoms with Gasteiger partial charge in [-0.3, -0.25) is 0 Å². The summed E-state index contributed by atoms with van der Waals surface area (Å²) in [6.07, 6.45) is 10.7. The molecule has 0 spiro atoms. The predicted octanol–water partition coefficient (Wildman–Crippen LogP) is 5.35. The fourth-order valence-electron chi connectivity index (χ4n) is 2.96. The molecule has 0 radical (unpaired) electrons. The van der Waals surface area contributed by atoms with E-state index in [9.17, 15) is 4.39 Å². The topological polar surface area (TPSA) is 28.7 Å². The van der Waals surface area contributed by atoms with Gasteiger partial charge in [-0.05, 0) is 41.7 Å². The molecule has 0 amide bonds. The SMILES string of the molecule is Fc1ccc2[nH]cc(-c3ccccc3C3=CCCC=C3)c2n1.[HH]. The number of hydrogen-bond acceptors (Lipinski definition) is 1. The van der Waals surface area contributed by atoms with Crippen LogP contribution in [0.3, 0.4) is 0 Å². The summed E-state index contributed by atoms with van der Waals surface area (Å²) in [6, 6.07) is 11.3. The first-order valence-corrected chi connectivity index (χ1v) is 7.43. The molecule has 0 saturated carbocycles. The van der Waals surface area contributed by atoms with Crippen LogP contribution in [0.15, 0.2) is 60.8 Å². The van der Waals surface area contributed by atoms with Crippen molar-refractivity contribution >= 4 is 16.6 Å². The number of H-pyrrole nitrogens is 1. The maximum absolute atomic E-state index is 13.5. The third-order valence-electron chi connectivity index (χ3n) is 4.01. The Bertz CT molecular complexity index is 909. The number of fused-ring (bicyclic) bond motifs is 1. The summed E-state index contributed by atoms with van der Waals surface area (Å²) in [4.78, 5) is 7.24. The lowest BCUT2D eigenvalue weighted by molar-refractivity contribution is 0.589. The summed E-state index contributed by atoms with van der Waals surface area (Å²) in [5, 5.41) is 0. The summed E-state index contributed by atoms with van der Waals surface area (Å²) in [7, 11) is 0. The van der Waals surface area contributed by atoms with E-state index in [2.05, 4.69) is 40.3 Å². The van der Waals surface area contributed by atoms with E-state index in [0.717, 1.165) is 35.0 Å². The molecule has 110 valence electrons. The van der Waals surface area contributed by atoms with Gasteiger partial charge in [0, 0.05) is 13.2 Å². The zero-order valence-electron chi connectivity index (χ0n) is 12.0. The lowest BCUT2D eigenvalue weighted by Crippen LogP contribution is -1.91. The Morgan fingerprint density at radius 1 is 1.00 bits per heavy atom. The fraction of sp³-hybridized carbons (Fsp3) is 0.105. The van der Waals surface area contributed by atoms with E-state index in [1.807, 2.05) is 18.3 Å². The number of rotatable bonds is 2. The van der Waals surface area contributed by atoms with Crippen LogP contribution in [0.5, 0.6) is 0 Å². The molecular formula is C19H17FN2. The zero-order valence-corrected chi connectivity index (χ0v) is 12.0. The molecule has 1 N–H and O–H groups in total. The molecule has 3 aromatic rings. The molecule has 0 bridgehead atoms. The van der Waals surface area contributed by atoms with Gasteiger partial charge in [-0.2, -0.15) is 4.39 Å². The Hall–Kier alpha value is -2.68. The van der Waals surface area contributed by atoms with Crippen molar-refractivity contribution in [1.82, 2.24) is 9.97 Å². The van der Waals surface area contributed by atoms with Crippen molar-refractivity contribution in [2.24, 2.45) is 0 Å². The first-order valence-electron chi connectivity index (χ1n) is 7.43. The number of halogens is 1. The standard InChI is InChI=1S/C19H15FN2.H2/c20-18-11-10-17-19(22-18)16(12-21-17)15-9-5-4-8-14(15)13-6-2-1-3-7-13;/h2,4-12,21H,1,3H2;1H.